The molecule has 0 heterocycles. The second-order valence-corrected chi connectivity index (χ2v) is 6.15. The van der Waals surface area contributed by atoms with E-state index < -0.39 is 16.4 Å². The van der Waals surface area contributed by atoms with Gasteiger partial charge in [-0.25, -0.2) is 0 Å². The molecule has 1 N–H and O–H groups in total. The number of benzene rings is 1. The zero-order valence-electron chi connectivity index (χ0n) is 12.6. The minimum Gasteiger partial charge on any atom is -0.389 e. The van der Waals surface area contributed by atoms with Crippen molar-refractivity contribution in [1.29, 1.82) is 0 Å². The number of nitrogens with zero attached hydrogens (tertiary/aromatic N) is 2. The monoisotopic (exact) mass is 312 g/mol. The summed E-state index contributed by atoms with van der Waals surface area (Å²) in [6.07, 6.45) is 1.84. The van der Waals surface area contributed by atoms with Crippen molar-refractivity contribution in [2.24, 2.45) is 0 Å². The first-order valence-corrected chi connectivity index (χ1v) is 7.76. The molecule has 0 aromatic heterocycles. The molecule has 6 nitrogen and oxygen atoms in total. The van der Waals surface area contributed by atoms with Crippen molar-refractivity contribution in [3.05, 3.63) is 33.9 Å². The highest BCUT2D eigenvalue weighted by molar-refractivity contribution is 7.98. The predicted octanol–water partition coefficient (Wildman–Crippen LogP) is 2.55. The van der Waals surface area contributed by atoms with Crippen molar-refractivity contribution in [1.82, 2.24) is 4.90 Å². The van der Waals surface area contributed by atoms with Crippen LogP contribution in [0.4, 0.5) is 5.69 Å². The zero-order valence-corrected chi connectivity index (χ0v) is 13.4. The van der Waals surface area contributed by atoms with E-state index in [1.165, 1.54) is 28.8 Å². The number of hydrogen-bond acceptors (Lipinski definition) is 5. The van der Waals surface area contributed by atoms with Gasteiger partial charge in [-0.05, 0) is 39.2 Å². The Balaban J connectivity index is 3.22. The Morgan fingerprint density at radius 1 is 1.48 bits per heavy atom. The van der Waals surface area contributed by atoms with Crippen LogP contribution < -0.4 is 0 Å². The summed E-state index contributed by atoms with van der Waals surface area (Å²) in [4.78, 5) is 25.3. The van der Waals surface area contributed by atoms with Crippen LogP contribution in [0, 0.1) is 10.1 Å². The molecule has 1 amide bonds. The number of nitro benzene ring substituents is 1. The lowest BCUT2D eigenvalue weighted by atomic mass is 10.1. The summed E-state index contributed by atoms with van der Waals surface area (Å²) in [5, 5.41) is 21.0. The molecule has 0 spiro atoms. The predicted molar refractivity (Wildman–Crippen MR) is 82.8 cm³/mol. The molecule has 0 radical (unpaired) electrons. The third-order valence-corrected chi connectivity index (χ3v) is 3.60. The van der Waals surface area contributed by atoms with E-state index in [2.05, 4.69) is 0 Å². The highest BCUT2D eigenvalue weighted by Gasteiger charge is 2.27. The summed E-state index contributed by atoms with van der Waals surface area (Å²) >= 11 is 1.41. The van der Waals surface area contributed by atoms with E-state index in [0.717, 1.165) is 4.90 Å². The molecule has 21 heavy (non-hydrogen) atoms. The molecule has 0 aliphatic rings. The number of thioether (sulfide) groups is 1. The van der Waals surface area contributed by atoms with Gasteiger partial charge in [0.15, 0.2) is 0 Å². The molecule has 0 aliphatic carbocycles. The first-order valence-electron chi connectivity index (χ1n) is 6.53. The van der Waals surface area contributed by atoms with Gasteiger partial charge in [0.25, 0.3) is 11.6 Å². The molecule has 0 bridgehead atoms. The number of carbonyl (C=O) groups excluding carboxylic acids is 1. The maximum atomic E-state index is 12.5. The Morgan fingerprint density at radius 3 is 2.52 bits per heavy atom. The number of carbonyl (C=O) groups is 1. The highest BCUT2D eigenvalue weighted by atomic mass is 32.2. The van der Waals surface area contributed by atoms with Crippen molar-refractivity contribution >= 4 is 23.4 Å². The number of amides is 1. The maximum absolute atomic E-state index is 12.5. The molecule has 0 atom stereocenters. The van der Waals surface area contributed by atoms with Gasteiger partial charge in [0, 0.05) is 24.1 Å². The zero-order chi connectivity index (χ0) is 16.2. The third kappa shape index (κ3) is 4.71. The number of hydrogen-bond donors (Lipinski definition) is 1. The smallest absolute Gasteiger partial charge is 0.282 e. The van der Waals surface area contributed by atoms with Crippen LogP contribution in [0.15, 0.2) is 23.1 Å². The van der Waals surface area contributed by atoms with Crippen LogP contribution in [0.25, 0.3) is 0 Å². The van der Waals surface area contributed by atoms with Crippen LogP contribution in [-0.4, -0.2) is 45.8 Å². The summed E-state index contributed by atoms with van der Waals surface area (Å²) in [5.74, 6) is -0.442. The molecule has 0 saturated heterocycles. The molecule has 1 aromatic rings. The number of likely N-dealkylation sites (N-methyl/N-ethyl adjacent to an activating group) is 1. The van der Waals surface area contributed by atoms with E-state index in [9.17, 15) is 20.0 Å². The van der Waals surface area contributed by atoms with Gasteiger partial charge in [-0.15, -0.1) is 11.8 Å². The van der Waals surface area contributed by atoms with Gasteiger partial charge in [-0.1, -0.05) is 0 Å². The summed E-state index contributed by atoms with van der Waals surface area (Å²) in [5.41, 5.74) is -1.22. The molecule has 116 valence electrons. The van der Waals surface area contributed by atoms with Gasteiger partial charge in [0.1, 0.15) is 5.56 Å². The fraction of sp³-hybridized carbons (Fsp3) is 0.500. The topological polar surface area (TPSA) is 83.7 Å². The average Bonchev–Trinajstić information content (AvgIpc) is 2.42. The van der Waals surface area contributed by atoms with Gasteiger partial charge in [-0.3, -0.25) is 14.9 Å². The van der Waals surface area contributed by atoms with Gasteiger partial charge in [-0.2, -0.15) is 0 Å². The standard InChI is InChI=1S/C14H20N2O4S/c1-5-15(9-14(2,3)18)13(17)11-8-10(21-4)6-7-12(11)16(19)20/h6-8,18H,5,9H2,1-4H3. The van der Waals surface area contributed by atoms with Crippen LogP contribution in [0.3, 0.4) is 0 Å². The maximum Gasteiger partial charge on any atom is 0.282 e. The molecule has 1 rings (SSSR count). The van der Waals surface area contributed by atoms with Gasteiger partial charge in [0.05, 0.1) is 10.5 Å². The Kier molecular flexibility index (Phi) is 5.74. The van der Waals surface area contributed by atoms with E-state index in [1.807, 2.05) is 6.26 Å². The quantitative estimate of drug-likeness (QED) is 0.496. The van der Waals surface area contributed by atoms with Crippen LogP contribution in [0.2, 0.25) is 0 Å². The van der Waals surface area contributed by atoms with Gasteiger partial charge >= 0.3 is 0 Å². The van der Waals surface area contributed by atoms with E-state index >= 15 is 0 Å². The van der Waals surface area contributed by atoms with Crippen molar-refractivity contribution in [2.45, 2.75) is 31.3 Å². The van der Waals surface area contributed by atoms with E-state index in [1.54, 1.807) is 26.8 Å². The largest absolute Gasteiger partial charge is 0.389 e. The van der Waals surface area contributed by atoms with Crippen molar-refractivity contribution in [3.63, 3.8) is 0 Å². The SMILES string of the molecule is CCN(CC(C)(C)O)C(=O)c1cc(SC)ccc1[N+](=O)[O-]. The fourth-order valence-electron chi connectivity index (χ4n) is 1.94. The Bertz CT molecular complexity index is 540. The Morgan fingerprint density at radius 2 is 2.10 bits per heavy atom. The number of aliphatic hydroxyl groups is 1. The number of nitro groups is 1. The number of rotatable bonds is 6. The highest BCUT2D eigenvalue weighted by Crippen LogP contribution is 2.26. The molecule has 0 saturated carbocycles. The minimum absolute atomic E-state index is 0.0537. The molecule has 0 unspecified atom stereocenters. The van der Waals surface area contributed by atoms with E-state index in [4.69, 9.17) is 0 Å². The van der Waals surface area contributed by atoms with Gasteiger partial charge < -0.3 is 10.0 Å². The first kappa shape index (κ1) is 17.5. The molecule has 0 fully saturated rings. The lowest BCUT2D eigenvalue weighted by Crippen LogP contribution is -2.42. The second-order valence-electron chi connectivity index (χ2n) is 5.27. The van der Waals surface area contributed by atoms with E-state index in [0.29, 0.717) is 6.54 Å². The third-order valence-electron chi connectivity index (χ3n) is 2.88. The lowest BCUT2D eigenvalue weighted by molar-refractivity contribution is -0.385. The van der Waals surface area contributed by atoms with Crippen molar-refractivity contribution in [2.75, 3.05) is 19.3 Å². The minimum atomic E-state index is -1.06. The Hall–Kier alpha value is -1.60. The van der Waals surface area contributed by atoms with Crippen LogP contribution >= 0.6 is 11.8 Å². The van der Waals surface area contributed by atoms with Crippen molar-refractivity contribution < 1.29 is 14.8 Å². The molecule has 1 aromatic carbocycles. The summed E-state index contributed by atoms with van der Waals surface area (Å²) in [6, 6.07) is 4.49. The van der Waals surface area contributed by atoms with E-state index in [-0.39, 0.29) is 17.8 Å². The second kappa shape index (κ2) is 6.91. The molecule has 0 aliphatic heterocycles. The first-order chi connectivity index (χ1) is 9.69. The van der Waals surface area contributed by atoms with Gasteiger partial charge in [0.2, 0.25) is 0 Å². The molecule has 7 heteroatoms. The van der Waals surface area contributed by atoms with Crippen LogP contribution in [-0.2, 0) is 0 Å². The normalized spacial score (nSPS) is 11.3. The van der Waals surface area contributed by atoms with Crippen molar-refractivity contribution in [3.8, 4) is 0 Å². The molecular weight excluding hydrogens is 292 g/mol. The lowest BCUT2D eigenvalue weighted by Gasteiger charge is -2.28. The van der Waals surface area contributed by atoms with Crippen LogP contribution in [0.1, 0.15) is 31.1 Å². The molecular formula is C14H20N2O4S. The Labute approximate surface area is 128 Å². The van der Waals surface area contributed by atoms with Crippen LogP contribution in [0.5, 0.6) is 0 Å². The summed E-state index contributed by atoms with van der Waals surface area (Å²) < 4.78 is 0. The average molecular weight is 312 g/mol. The fourth-order valence-corrected chi connectivity index (χ4v) is 2.38. The summed E-state index contributed by atoms with van der Waals surface area (Å²) in [7, 11) is 0. The summed E-state index contributed by atoms with van der Waals surface area (Å²) in [6.45, 7) is 5.44.